The highest BCUT2D eigenvalue weighted by molar-refractivity contribution is 6.31. The highest BCUT2D eigenvalue weighted by atomic mass is 35.5. The summed E-state index contributed by atoms with van der Waals surface area (Å²) in [5, 5.41) is 3.78. The van der Waals surface area contributed by atoms with Gasteiger partial charge in [0, 0.05) is 25.0 Å². The van der Waals surface area contributed by atoms with E-state index in [1.165, 1.54) is 18.5 Å². The second-order valence-corrected chi connectivity index (χ2v) is 8.26. The molecule has 1 spiro atoms. The maximum atomic E-state index is 14.4. The van der Waals surface area contributed by atoms with Gasteiger partial charge in [-0.15, -0.1) is 0 Å². The number of carbonyl (C=O) groups excluding carboxylic acids is 1. The molecule has 3 aromatic rings. The number of aromatic nitrogens is 3. The molecule has 31 heavy (non-hydrogen) atoms. The van der Waals surface area contributed by atoms with Crippen LogP contribution in [0.25, 0.3) is 10.9 Å². The summed E-state index contributed by atoms with van der Waals surface area (Å²) >= 11 is 5.90. The molecule has 0 atom stereocenters. The largest absolute Gasteiger partial charge is 0.352 e. The summed E-state index contributed by atoms with van der Waals surface area (Å²) in [6.45, 7) is 5.62. The molecule has 5 rings (SSSR count). The van der Waals surface area contributed by atoms with Crippen molar-refractivity contribution in [2.45, 2.75) is 18.4 Å². The molecule has 2 aromatic heterocycles. The Morgan fingerprint density at radius 1 is 1.26 bits per heavy atom. The molecular formula is C22H20ClFN6O. The van der Waals surface area contributed by atoms with E-state index in [2.05, 4.69) is 31.7 Å². The van der Waals surface area contributed by atoms with Crippen LogP contribution in [0, 0.1) is 5.82 Å². The minimum atomic E-state index is -0.538. The van der Waals surface area contributed by atoms with Crippen molar-refractivity contribution in [1.82, 2.24) is 19.9 Å². The van der Waals surface area contributed by atoms with Gasteiger partial charge in [-0.3, -0.25) is 4.79 Å². The third kappa shape index (κ3) is 3.46. The van der Waals surface area contributed by atoms with Gasteiger partial charge < -0.3 is 15.1 Å². The molecule has 3 heterocycles. The number of carbonyl (C=O) groups is 1. The Labute approximate surface area is 183 Å². The molecule has 0 unspecified atom stereocenters. The molecule has 1 aliphatic carbocycles. The summed E-state index contributed by atoms with van der Waals surface area (Å²) < 4.78 is 14.4. The fourth-order valence-electron chi connectivity index (χ4n) is 4.15. The van der Waals surface area contributed by atoms with Gasteiger partial charge in [0.05, 0.1) is 28.0 Å². The minimum absolute atomic E-state index is 0.0212. The van der Waals surface area contributed by atoms with Crippen molar-refractivity contribution in [1.29, 1.82) is 0 Å². The van der Waals surface area contributed by atoms with Crippen molar-refractivity contribution < 1.29 is 9.18 Å². The zero-order valence-electron chi connectivity index (χ0n) is 16.7. The summed E-state index contributed by atoms with van der Waals surface area (Å²) in [4.78, 5) is 29.5. The first-order chi connectivity index (χ1) is 15.0. The van der Waals surface area contributed by atoms with Gasteiger partial charge >= 0.3 is 0 Å². The topological polar surface area (TPSA) is 74.2 Å². The van der Waals surface area contributed by atoms with Crippen LogP contribution in [-0.2, 0) is 4.79 Å². The minimum Gasteiger partial charge on any atom is -0.352 e. The van der Waals surface area contributed by atoms with Gasteiger partial charge in [-0.25, -0.2) is 19.3 Å². The smallest absolute Gasteiger partial charge is 0.246 e. The lowest BCUT2D eigenvalue weighted by atomic mass is 10.1. The van der Waals surface area contributed by atoms with Crippen molar-refractivity contribution in [3.8, 4) is 0 Å². The van der Waals surface area contributed by atoms with Crippen molar-refractivity contribution in [2.24, 2.45) is 0 Å². The maximum absolute atomic E-state index is 14.4. The first kappa shape index (κ1) is 19.7. The van der Waals surface area contributed by atoms with E-state index >= 15 is 0 Å². The Morgan fingerprint density at radius 2 is 2.10 bits per heavy atom. The molecule has 1 aliphatic heterocycles. The number of benzene rings is 1. The molecule has 1 saturated heterocycles. The summed E-state index contributed by atoms with van der Waals surface area (Å²) in [6, 6.07) is 6.67. The average molecular weight is 439 g/mol. The summed E-state index contributed by atoms with van der Waals surface area (Å²) in [5.41, 5.74) is 0.739. The van der Waals surface area contributed by atoms with Crippen LogP contribution in [0.2, 0.25) is 5.02 Å². The average Bonchev–Trinajstić information content (AvgIpc) is 3.55. The Bertz CT molecular complexity index is 1200. The molecule has 1 N–H and O–H groups in total. The third-order valence-electron chi connectivity index (χ3n) is 5.96. The zero-order valence-corrected chi connectivity index (χ0v) is 17.4. The van der Waals surface area contributed by atoms with Crippen molar-refractivity contribution in [3.05, 3.63) is 60.3 Å². The number of hydrogen-bond acceptors (Lipinski definition) is 6. The Morgan fingerprint density at radius 3 is 2.87 bits per heavy atom. The monoisotopic (exact) mass is 438 g/mol. The predicted molar refractivity (Wildman–Crippen MR) is 118 cm³/mol. The van der Waals surface area contributed by atoms with Crippen LogP contribution in [0.4, 0.5) is 21.7 Å². The number of pyridine rings is 1. The molecule has 9 heteroatoms. The molecule has 1 saturated carbocycles. The first-order valence-electron chi connectivity index (χ1n) is 10.0. The SMILES string of the molecule is C=CC(=O)N1CCN(c2cc3c(Nc4cccc(Cl)c4F)ncnc3cn2)CC12CC2. The number of rotatable bonds is 4. The second-order valence-electron chi connectivity index (χ2n) is 7.85. The normalized spacial score (nSPS) is 17.1. The van der Waals surface area contributed by atoms with E-state index < -0.39 is 5.82 Å². The van der Waals surface area contributed by atoms with Crippen LogP contribution < -0.4 is 10.2 Å². The van der Waals surface area contributed by atoms with Gasteiger partial charge in [-0.05, 0) is 37.1 Å². The molecule has 7 nitrogen and oxygen atoms in total. The lowest BCUT2D eigenvalue weighted by Gasteiger charge is -2.42. The fourth-order valence-corrected chi connectivity index (χ4v) is 4.32. The number of amides is 1. The highest BCUT2D eigenvalue weighted by Gasteiger charge is 2.52. The van der Waals surface area contributed by atoms with Crippen molar-refractivity contribution in [3.63, 3.8) is 0 Å². The van der Waals surface area contributed by atoms with E-state index in [0.717, 1.165) is 24.0 Å². The summed E-state index contributed by atoms with van der Waals surface area (Å²) in [6.07, 6.45) is 6.43. The number of nitrogens with zero attached hydrogens (tertiary/aromatic N) is 5. The van der Waals surface area contributed by atoms with E-state index in [9.17, 15) is 9.18 Å². The maximum Gasteiger partial charge on any atom is 0.246 e. The van der Waals surface area contributed by atoms with Gasteiger partial charge in [0.2, 0.25) is 5.91 Å². The van der Waals surface area contributed by atoms with Gasteiger partial charge in [-0.1, -0.05) is 24.2 Å². The quantitative estimate of drug-likeness (QED) is 0.622. The number of anilines is 3. The van der Waals surface area contributed by atoms with Gasteiger partial charge in [0.15, 0.2) is 5.82 Å². The van der Waals surface area contributed by atoms with Crippen molar-refractivity contribution >= 4 is 45.7 Å². The molecule has 1 aromatic carbocycles. The van der Waals surface area contributed by atoms with E-state index in [1.54, 1.807) is 18.3 Å². The third-order valence-corrected chi connectivity index (χ3v) is 6.25. The lowest BCUT2D eigenvalue weighted by Crippen LogP contribution is -2.57. The number of halogens is 2. The molecule has 2 aliphatic rings. The Hall–Kier alpha value is -3.26. The van der Waals surface area contributed by atoms with Gasteiger partial charge in [-0.2, -0.15) is 0 Å². The first-order valence-corrected chi connectivity index (χ1v) is 10.4. The number of piperazine rings is 1. The number of fused-ring (bicyclic) bond motifs is 1. The molecule has 2 fully saturated rings. The van der Waals surface area contributed by atoms with E-state index in [-0.39, 0.29) is 22.2 Å². The standard InChI is InChI=1S/C22H20ClFN6O/c1-2-19(31)30-9-8-29(12-22(30)6-7-22)18-10-14-17(11-25-18)26-13-27-21(14)28-16-5-3-4-15(23)20(16)24/h2-5,10-11,13H,1,6-9,12H2,(H,26,27,28). The second kappa shape index (κ2) is 7.46. The molecule has 1 amide bonds. The van der Waals surface area contributed by atoms with Crippen LogP contribution >= 0.6 is 11.6 Å². The number of hydrogen-bond donors (Lipinski definition) is 1. The molecule has 158 valence electrons. The molecular weight excluding hydrogens is 419 g/mol. The van der Waals surface area contributed by atoms with E-state index in [4.69, 9.17) is 11.6 Å². The van der Waals surface area contributed by atoms with Crippen LogP contribution in [0.5, 0.6) is 0 Å². The fraction of sp³-hybridized carbons (Fsp3) is 0.273. The summed E-state index contributed by atoms with van der Waals surface area (Å²) in [5.74, 6) is 0.682. The zero-order chi connectivity index (χ0) is 21.6. The van der Waals surface area contributed by atoms with E-state index in [1.807, 2.05) is 11.0 Å². The van der Waals surface area contributed by atoms with Crippen molar-refractivity contribution in [2.75, 3.05) is 29.9 Å². The van der Waals surface area contributed by atoms with Gasteiger partial charge in [0.1, 0.15) is 18.0 Å². The lowest BCUT2D eigenvalue weighted by molar-refractivity contribution is -0.129. The molecule has 0 radical (unpaired) electrons. The molecule has 0 bridgehead atoms. The van der Waals surface area contributed by atoms with Crippen LogP contribution in [-0.4, -0.2) is 50.9 Å². The summed E-state index contributed by atoms with van der Waals surface area (Å²) in [7, 11) is 0. The highest BCUT2D eigenvalue weighted by Crippen LogP contribution is 2.45. The number of nitrogens with one attached hydrogen (secondary N) is 1. The van der Waals surface area contributed by atoms with E-state index in [0.29, 0.717) is 31.0 Å². The van der Waals surface area contributed by atoms with Crippen LogP contribution in [0.3, 0.4) is 0 Å². The van der Waals surface area contributed by atoms with Crippen LogP contribution in [0.1, 0.15) is 12.8 Å². The van der Waals surface area contributed by atoms with Gasteiger partial charge in [0.25, 0.3) is 0 Å². The Kier molecular flexibility index (Phi) is 4.74. The van der Waals surface area contributed by atoms with Crippen LogP contribution in [0.15, 0.2) is 49.4 Å². The Balaban J connectivity index is 1.47. The predicted octanol–water partition coefficient (Wildman–Crippen LogP) is 3.93.